The number of aryl methyl sites for hydroxylation is 2. The van der Waals surface area contributed by atoms with Crippen LogP contribution in [-0.2, 0) is 17.1 Å². The fourth-order valence-electron chi connectivity index (χ4n) is 3.67. The first-order valence-corrected chi connectivity index (χ1v) is 12.4. The lowest BCUT2D eigenvalue weighted by Crippen LogP contribution is -2.13. The number of ketones is 1. The molecule has 0 amide bonds. The SMILES string of the molecule is COc1cc(OC)c(-c2cccn2C)cc1/C=C/C(=O)c1ccc(S(=O)(=O)Nc2cc(C)on2)cc1. The molecule has 2 aromatic carbocycles. The molecule has 4 aromatic rings. The predicted molar refractivity (Wildman–Crippen MR) is 136 cm³/mol. The zero-order valence-corrected chi connectivity index (χ0v) is 21.0. The maximum atomic E-state index is 12.8. The molecule has 0 aliphatic rings. The summed E-state index contributed by atoms with van der Waals surface area (Å²) in [5, 5.41) is 3.63. The summed E-state index contributed by atoms with van der Waals surface area (Å²) in [6.07, 6.45) is 5.01. The lowest BCUT2D eigenvalue weighted by atomic mass is 10.0. The van der Waals surface area contributed by atoms with Crippen molar-refractivity contribution in [2.75, 3.05) is 18.9 Å². The number of carbonyl (C=O) groups is 1. The topological polar surface area (TPSA) is 113 Å². The molecule has 2 heterocycles. The smallest absolute Gasteiger partial charge is 0.263 e. The Morgan fingerprint density at radius 1 is 1.06 bits per heavy atom. The molecule has 0 unspecified atom stereocenters. The molecule has 0 radical (unpaired) electrons. The first-order valence-electron chi connectivity index (χ1n) is 10.9. The summed E-state index contributed by atoms with van der Waals surface area (Å²) in [7, 11) is 1.19. The van der Waals surface area contributed by atoms with Gasteiger partial charge >= 0.3 is 0 Å². The van der Waals surface area contributed by atoms with Crippen molar-refractivity contribution >= 4 is 27.7 Å². The summed E-state index contributed by atoms with van der Waals surface area (Å²) in [4.78, 5) is 12.8. The minimum Gasteiger partial charge on any atom is -0.496 e. The van der Waals surface area contributed by atoms with E-state index >= 15 is 0 Å². The molecule has 4 rings (SSSR count). The van der Waals surface area contributed by atoms with Gasteiger partial charge in [0.2, 0.25) is 0 Å². The first-order chi connectivity index (χ1) is 17.2. The van der Waals surface area contributed by atoms with E-state index in [0.29, 0.717) is 28.4 Å². The molecule has 0 saturated carbocycles. The van der Waals surface area contributed by atoms with Crippen LogP contribution in [0.3, 0.4) is 0 Å². The van der Waals surface area contributed by atoms with E-state index in [1.807, 2.05) is 36.0 Å². The molecular weight excluding hydrogens is 482 g/mol. The van der Waals surface area contributed by atoms with Crippen molar-refractivity contribution in [3.63, 3.8) is 0 Å². The van der Waals surface area contributed by atoms with Gasteiger partial charge in [0.05, 0.1) is 24.8 Å². The Labute approximate surface area is 209 Å². The third-order valence-corrected chi connectivity index (χ3v) is 6.87. The van der Waals surface area contributed by atoms with Crippen molar-refractivity contribution in [2.24, 2.45) is 7.05 Å². The van der Waals surface area contributed by atoms with Crippen molar-refractivity contribution in [3.8, 4) is 22.8 Å². The second kappa shape index (κ2) is 10.1. The van der Waals surface area contributed by atoms with Gasteiger partial charge in [0.15, 0.2) is 11.6 Å². The first kappa shape index (κ1) is 24.8. The van der Waals surface area contributed by atoms with Crippen LogP contribution >= 0.6 is 0 Å². The molecule has 36 heavy (non-hydrogen) atoms. The molecule has 0 fully saturated rings. The standard InChI is InChI=1S/C26H25N3O6S/c1-17-14-26(27-35-17)28-36(31,32)20-10-7-18(8-11-20)23(30)12-9-19-15-21(22-6-5-13-29(22)2)25(34-4)16-24(19)33-3/h5-16H,1-4H3,(H,27,28)/b12-9+. The highest BCUT2D eigenvalue weighted by Crippen LogP contribution is 2.36. The quantitative estimate of drug-likeness (QED) is 0.258. The lowest BCUT2D eigenvalue weighted by Gasteiger charge is -2.14. The molecule has 186 valence electrons. The summed E-state index contributed by atoms with van der Waals surface area (Å²) in [6.45, 7) is 1.66. The number of nitrogens with zero attached hydrogens (tertiary/aromatic N) is 2. The van der Waals surface area contributed by atoms with Crippen LogP contribution in [0.4, 0.5) is 5.82 Å². The van der Waals surface area contributed by atoms with Gasteiger partial charge in [0.1, 0.15) is 17.3 Å². The third-order valence-electron chi connectivity index (χ3n) is 5.50. The third kappa shape index (κ3) is 5.18. The predicted octanol–water partition coefficient (Wildman–Crippen LogP) is 4.70. The zero-order valence-electron chi connectivity index (χ0n) is 20.2. The highest BCUT2D eigenvalue weighted by atomic mass is 32.2. The van der Waals surface area contributed by atoms with Gasteiger partial charge in [-0.1, -0.05) is 5.16 Å². The van der Waals surface area contributed by atoms with E-state index in [1.54, 1.807) is 33.3 Å². The average Bonchev–Trinajstić information content (AvgIpc) is 3.48. The number of hydrogen-bond donors (Lipinski definition) is 1. The van der Waals surface area contributed by atoms with Crippen LogP contribution in [0.5, 0.6) is 11.5 Å². The van der Waals surface area contributed by atoms with Crippen molar-refractivity contribution < 1.29 is 27.2 Å². The number of aromatic nitrogens is 2. The normalized spacial score (nSPS) is 11.6. The number of rotatable bonds is 9. The fraction of sp³-hybridized carbons (Fsp3) is 0.154. The Balaban J connectivity index is 1.57. The molecule has 1 N–H and O–H groups in total. The highest BCUT2D eigenvalue weighted by Gasteiger charge is 2.17. The van der Waals surface area contributed by atoms with Gasteiger partial charge < -0.3 is 18.6 Å². The minimum absolute atomic E-state index is 0.00674. The summed E-state index contributed by atoms with van der Waals surface area (Å²) >= 11 is 0. The van der Waals surface area contributed by atoms with Gasteiger partial charge in [0, 0.05) is 42.1 Å². The van der Waals surface area contributed by atoms with E-state index in [1.165, 1.54) is 36.4 Å². The molecule has 0 aliphatic carbocycles. The number of sulfonamides is 1. The molecule has 0 bridgehead atoms. The van der Waals surface area contributed by atoms with Crippen molar-refractivity contribution in [1.29, 1.82) is 0 Å². The molecule has 0 aliphatic heterocycles. The van der Waals surface area contributed by atoms with Crippen LogP contribution in [-0.4, -0.2) is 38.1 Å². The summed E-state index contributed by atoms with van der Waals surface area (Å²) < 4.78 is 45.3. The molecule has 0 atom stereocenters. The van der Waals surface area contributed by atoms with Gasteiger partial charge in [-0.2, -0.15) is 0 Å². The second-order valence-electron chi connectivity index (χ2n) is 7.95. The molecule has 0 saturated heterocycles. The van der Waals surface area contributed by atoms with E-state index in [9.17, 15) is 13.2 Å². The molecule has 10 heteroatoms. The van der Waals surface area contributed by atoms with Crippen LogP contribution in [0.25, 0.3) is 17.3 Å². The van der Waals surface area contributed by atoms with E-state index in [4.69, 9.17) is 14.0 Å². The van der Waals surface area contributed by atoms with Crippen LogP contribution in [0, 0.1) is 6.92 Å². The Morgan fingerprint density at radius 2 is 1.78 bits per heavy atom. The Kier molecular flexibility index (Phi) is 6.98. The number of methoxy groups -OCH3 is 2. The monoisotopic (exact) mass is 507 g/mol. The molecule has 9 nitrogen and oxygen atoms in total. The fourth-order valence-corrected chi connectivity index (χ4v) is 4.65. The van der Waals surface area contributed by atoms with E-state index in [-0.39, 0.29) is 16.5 Å². The van der Waals surface area contributed by atoms with Crippen LogP contribution in [0.15, 0.2) is 76.3 Å². The minimum atomic E-state index is -3.88. The summed E-state index contributed by atoms with van der Waals surface area (Å²) in [5.41, 5.74) is 2.82. The number of carbonyl (C=O) groups excluding carboxylic acids is 1. The van der Waals surface area contributed by atoms with Gasteiger partial charge in [-0.15, -0.1) is 0 Å². The largest absolute Gasteiger partial charge is 0.496 e. The van der Waals surface area contributed by atoms with E-state index < -0.39 is 10.0 Å². The van der Waals surface area contributed by atoms with Crippen molar-refractivity contribution in [2.45, 2.75) is 11.8 Å². The summed E-state index contributed by atoms with van der Waals surface area (Å²) in [5.74, 6) is 1.45. The van der Waals surface area contributed by atoms with E-state index in [0.717, 1.165) is 11.3 Å². The Bertz CT molecular complexity index is 1530. The van der Waals surface area contributed by atoms with Gasteiger partial charge in [0.25, 0.3) is 10.0 Å². The number of anilines is 1. The Morgan fingerprint density at radius 3 is 2.36 bits per heavy atom. The molecule has 0 spiro atoms. The van der Waals surface area contributed by atoms with Crippen LogP contribution in [0.1, 0.15) is 21.7 Å². The van der Waals surface area contributed by atoms with Gasteiger partial charge in [-0.3, -0.25) is 9.52 Å². The van der Waals surface area contributed by atoms with Crippen LogP contribution < -0.4 is 14.2 Å². The molecule has 2 aromatic heterocycles. The number of benzene rings is 2. The van der Waals surface area contributed by atoms with Gasteiger partial charge in [-0.05, 0) is 61.5 Å². The molecular formula is C26H25N3O6S. The second-order valence-corrected chi connectivity index (χ2v) is 9.63. The number of nitrogens with one attached hydrogen (secondary N) is 1. The maximum absolute atomic E-state index is 12.8. The Hall–Kier alpha value is -4.31. The van der Waals surface area contributed by atoms with E-state index in [2.05, 4.69) is 9.88 Å². The maximum Gasteiger partial charge on any atom is 0.263 e. The van der Waals surface area contributed by atoms with Crippen LogP contribution in [0.2, 0.25) is 0 Å². The average molecular weight is 508 g/mol. The zero-order chi connectivity index (χ0) is 25.9. The number of ether oxygens (including phenoxy) is 2. The highest BCUT2D eigenvalue weighted by molar-refractivity contribution is 7.92. The van der Waals surface area contributed by atoms with Crippen molar-refractivity contribution in [3.05, 3.63) is 83.8 Å². The summed E-state index contributed by atoms with van der Waals surface area (Å²) in [6, 6.07) is 14.7. The number of hydrogen-bond acceptors (Lipinski definition) is 7. The number of allylic oxidation sites excluding steroid dienone is 1. The lowest BCUT2D eigenvalue weighted by molar-refractivity contribution is 0.104. The van der Waals surface area contributed by atoms with Crippen molar-refractivity contribution in [1.82, 2.24) is 9.72 Å². The van der Waals surface area contributed by atoms with Gasteiger partial charge in [-0.25, -0.2) is 8.42 Å².